The van der Waals surface area contributed by atoms with Crippen LogP contribution in [0.25, 0.3) is 0 Å². The third kappa shape index (κ3) is 6.06. The van der Waals surface area contributed by atoms with Gasteiger partial charge in [0, 0.05) is 33.5 Å². The zero-order chi connectivity index (χ0) is 18.9. The predicted octanol–water partition coefficient (Wildman–Crippen LogP) is 3.71. The van der Waals surface area contributed by atoms with Crippen LogP contribution in [0.1, 0.15) is 18.9 Å². The molecule has 0 unspecified atom stereocenters. The molecule has 136 valence electrons. The standard InChI is InChI=1S/C18H18Cl2N4O2/c1-2-8-21-17(25)18(26)24-22-11-12-9-14(20)6-7-16(12)23-15-5-3-4-13(19)10-15/h3-7,9-11,23H,2,8H2,1H3,(H,21,25)(H,24,26)/b22-11-. The minimum Gasteiger partial charge on any atom is -0.355 e. The molecule has 0 saturated carbocycles. The number of amides is 2. The zero-order valence-electron chi connectivity index (χ0n) is 14.1. The molecule has 0 spiro atoms. The van der Waals surface area contributed by atoms with E-state index in [1.165, 1.54) is 6.21 Å². The van der Waals surface area contributed by atoms with Gasteiger partial charge in [-0.15, -0.1) is 0 Å². The van der Waals surface area contributed by atoms with Crippen molar-refractivity contribution in [2.45, 2.75) is 13.3 Å². The highest BCUT2D eigenvalue weighted by Crippen LogP contribution is 2.24. The lowest BCUT2D eigenvalue weighted by molar-refractivity contribution is -0.139. The van der Waals surface area contributed by atoms with Gasteiger partial charge in [-0.1, -0.05) is 36.2 Å². The summed E-state index contributed by atoms with van der Waals surface area (Å²) in [4.78, 5) is 23.1. The van der Waals surface area contributed by atoms with Crippen molar-refractivity contribution >= 4 is 52.6 Å². The van der Waals surface area contributed by atoms with Crippen molar-refractivity contribution in [2.75, 3.05) is 11.9 Å². The third-order valence-electron chi connectivity index (χ3n) is 3.23. The van der Waals surface area contributed by atoms with Crippen molar-refractivity contribution < 1.29 is 9.59 Å². The van der Waals surface area contributed by atoms with Gasteiger partial charge in [-0.3, -0.25) is 9.59 Å². The highest BCUT2D eigenvalue weighted by molar-refractivity contribution is 6.35. The largest absolute Gasteiger partial charge is 0.355 e. The lowest BCUT2D eigenvalue weighted by Gasteiger charge is -2.10. The molecule has 3 N–H and O–H groups in total. The van der Waals surface area contributed by atoms with Crippen LogP contribution in [0.15, 0.2) is 47.6 Å². The fourth-order valence-corrected chi connectivity index (χ4v) is 2.38. The number of benzene rings is 2. The molecule has 0 heterocycles. The van der Waals surface area contributed by atoms with Gasteiger partial charge in [0.2, 0.25) is 0 Å². The van der Waals surface area contributed by atoms with Crippen LogP contribution in [0.5, 0.6) is 0 Å². The normalized spacial score (nSPS) is 10.6. The number of hydrazone groups is 1. The maximum Gasteiger partial charge on any atom is 0.329 e. The number of hydrogen-bond donors (Lipinski definition) is 3. The van der Waals surface area contributed by atoms with Crippen LogP contribution >= 0.6 is 23.2 Å². The molecule has 0 aliphatic carbocycles. The number of halogens is 2. The zero-order valence-corrected chi connectivity index (χ0v) is 15.6. The van der Waals surface area contributed by atoms with Crippen molar-refractivity contribution in [3.05, 3.63) is 58.1 Å². The van der Waals surface area contributed by atoms with Gasteiger partial charge in [0.1, 0.15) is 0 Å². The first kappa shape index (κ1) is 19.8. The Morgan fingerprint density at radius 3 is 2.58 bits per heavy atom. The Morgan fingerprint density at radius 2 is 1.85 bits per heavy atom. The van der Waals surface area contributed by atoms with Crippen LogP contribution < -0.4 is 16.1 Å². The van der Waals surface area contributed by atoms with E-state index in [0.717, 1.165) is 12.1 Å². The predicted molar refractivity (Wildman–Crippen MR) is 105 cm³/mol. The lowest BCUT2D eigenvalue weighted by Crippen LogP contribution is -2.38. The Labute approximate surface area is 161 Å². The number of anilines is 2. The van der Waals surface area contributed by atoms with E-state index >= 15 is 0 Å². The van der Waals surface area contributed by atoms with E-state index < -0.39 is 11.8 Å². The minimum absolute atomic E-state index is 0.429. The first-order chi connectivity index (χ1) is 12.5. The van der Waals surface area contributed by atoms with E-state index in [0.29, 0.717) is 27.8 Å². The van der Waals surface area contributed by atoms with Gasteiger partial charge in [0.25, 0.3) is 0 Å². The summed E-state index contributed by atoms with van der Waals surface area (Å²) in [6.45, 7) is 2.32. The lowest BCUT2D eigenvalue weighted by atomic mass is 10.2. The number of hydrogen-bond acceptors (Lipinski definition) is 4. The summed E-state index contributed by atoms with van der Waals surface area (Å²) in [7, 11) is 0. The molecular weight excluding hydrogens is 375 g/mol. The van der Waals surface area contributed by atoms with Crippen LogP contribution in [-0.4, -0.2) is 24.6 Å². The van der Waals surface area contributed by atoms with Crippen molar-refractivity contribution in [3.63, 3.8) is 0 Å². The average Bonchev–Trinajstić information content (AvgIpc) is 2.61. The molecule has 0 aliphatic heterocycles. The molecule has 0 aromatic heterocycles. The van der Waals surface area contributed by atoms with Crippen LogP contribution in [0.2, 0.25) is 10.0 Å². The number of nitrogens with one attached hydrogen (secondary N) is 3. The summed E-state index contributed by atoms with van der Waals surface area (Å²) in [5.41, 5.74) is 4.32. The molecule has 0 bridgehead atoms. The maximum atomic E-state index is 11.6. The molecule has 0 fully saturated rings. The minimum atomic E-state index is -0.832. The summed E-state index contributed by atoms with van der Waals surface area (Å²) >= 11 is 12.0. The molecule has 2 aromatic carbocycles. The Balaban J connectivity index is 2.09. The maximum absolute atomic E-state index is 11.6. The van der Waals surface area contributed by atoms with Crippen molar-refractivity contribution in [1.82, 2.24) is 10.7 Å². The number of nitrogens with zero attached hydrogens (tertiary/aromatic N) is 1. The Hall–Kier alpha value is -2.57. The summed E-state index contributed by atoms with van der Waals surface area (Å²) in [5, 5.41) is 10.6. The number of carbonyl (C=O) groups excluding carboxylic acids is 2. The van der Waals surface area contributed by atoms with Gasteiger partial charge in [-0.25, -0.2) is 5.43 Å². The second-order valence-electron chi connectivity index (χ2n) is 5.32. The highest BCUT2D eigenvalue weighted by Gasteiger charge is 2.11. The Kier molecular flexibility index (Phi) is 7.44. The molecule has 0 atom stereocenters. The van der Waals surface area contributed by atoms with Gasteiger partial charge >= 0.3 is 11.8 Å². The van der Waals surface area contributed by atoms with Gasteiger partial charge in [-0.2, -0.15) is 5.10 Å². The molecule has 0 radical (unpaired) electrons. The molecule has 0 aliphatic rings. The Bertz CT molecular complexity index is 825. The van der Waals surface area contributed by atoms with E-state index in [2.05, 4.69) is 21.2 Å². The number of rotatable bonds is 6. The topological polar surface area (TPSA) is 82.6 Å². The van der Waals surface area contributed by atoms with Crippen LogP contribution in [0, 0.1) is 0 Å². The van der Waals surface area contributed by atoms with Crippen LogP contribution in [-0.2, 0) is 9.59 Å². The highest BCUT2D eigenvalue weighted by atomic mass is 35.5. The summed E-state index contributed by atoms with van der Waals surface area (Å²) in [6.07, 6.45) is 2.15. The molecule has 2 amide bonds. The summed E-state index contributed by atoms with van der Waals surface area (Å²) < 4.78 is 0. The van der Waals surface area contributed by atoms with Crippen LogP contribution in [0.3, 0.4) is 0 Å². The van der Waals surface area contributed by atoms with Gasteiger partial charge in [0.15, 0.2) is 0 Å². The Morgan fingerprint density at radius 1 is 1.08 bits per heavy atom. The first-order valence-corrected chi connectivity index (χ1v) is 8.68. The average molecular weight is 393 g/mol. The van der Waals surface area contributed by atoms with Crippen molar-refractivity contribution in [3.8, 4) is 0 Å². The molecular formula is C18H18Cl2N4O2. The summed E-state index contributed by atoms with van der Waals surface area (Å²) in [6, 6.07) is 12.4. The van der Waals surface area contributed by atoms with Gasteiger partial charge in [-0.05, 0) is 42.8 Å². The SMILES string of the molecule is CCCNC(=O)C(=O)N/N=C\c1cc(Cl)ccc1Nc1cccc(Cl)c1. The van der Waals surface area contributed by atoms with E-state index in [1.54, 1.807) is 30.3 Å². The first-order valence-electron chi connectivity index (χ1n) is 7.93. The van der Waals surface area contributed by atoms with Gasteiger partial charge < -0.3 is 10.6 Å². The fraction of sp³-hybridized carbons (Fsp3) is 0.167. The monoisotopic (exact) mass is 392 g/mol. The van der Waals surface area contributed by atoms with Crippen molar-refractivity contribution in [2.24, 2.45) is 5.10 Å². The smallest absolute Gasteiger partial charge is 0.329 e. The quantitative estimate of drug-likeness (QED) is 0.398. The number of carbonyl (C=O) groups is 2. The van der Waals surface area contributed by atoms with E-state index in [1.807, 2.05) is 19.1 Å². The molecule has 2 rings (SSSR count). The summed E-state index contributed by atoms with van der Waals surface area (Å²) in [5.74, 6) is -1.56. The van der Waals surface area contributed by atoms with E-state index in [4.69, 9.17) is 23.2 Å². The van der Waals surface area contributed by atoms with Gasteiger partial charge in [0.05, 0.1) is 6.21 Å². The second-order valence-corrected chi connectivity index (χ2v) is 6.19. The second kappa shape index (κ2) is 9.79. The fourth-order valence-electron chi connectivity index (χ4n) is 2.01. The molecule has 8 heteroatoms. The molecule has 0 saturated heterocycles. The molecule has 6 nitrogen and oxygen atoms in total. The van der Waals surface area contributed by atoms with Crippen molar-refractivity contribution in [1.29, 1.82) is 0 Å². The molecule has 2 aromatic rings. The van der Waals surface area contributed by atoms with Crippen LogP contribution in [0.4, 0.5) is 11.4 Å². The third-order valence-corrected chi connectivity index (χ3v) is 3.70. The molecule has 26 heavy (non-hydrogen) atoms. The van der Waals surface area contributed by atoms with E-state index in [-0.39, 0.29) is 0 Å². The van der Waals surface area contributed by atoms with E-state index in [9.17, 15) is 9.59 Å².